The molecule has 0 aliphatic carbocycles. The zero-order chi connectivity index (χ0) is 10.7. The standard InChI is InChI=1S/C9H11ClN2O2/c1-5(2)3-7-6(10)4-11-8(12-7)9(13)14/h4-5H,3H2,1-2H3,(H,13,14). The van der Waals surface area contributed by atoms with Gasteiger partial charge in [0.2, 0.25) is 5.82 Å². The zero-order valence-electron chi connectivity index (χ0n) is 7.99. The average Bonchev–Trinajstić information content (AvgIpc) is 2.07. The van der Waals surface area contributed by atoms with Gasteiger partial charge in [0.05, 0.1) is 16.9 Å². The van der Waals surface area contributed by atoms with Gasteiger partial charge in [0.1, 0.15) is 0 Å². The van der Waals surface area contributed by atoms with E-state index in [9.17, 15) is 4.79 Å². The summed E-state index contributed by atoms with van der Waals surface area (Å²) in [4.78, 5) is 18.1. The molecule has 1 aromatic heterocycles. The van der Waals surface area contributed by atoms with E-state index in [0.717, 1.165) is 0 Å². The molecule has 0 aromatic carbocycles. The van der Waals surface area contributed by atoms with E-state index in [1.54, 1.807) is 0 Å². The van der Waals surface area contributed by atoms with E-state index in [4.69, 9.17) is 16.7 Å². The van der Waals surface area contributed by atoms with Crippen LogP contribution >= 0.6 is 11.6 Å². The molecular formula is C9H11ClN2O2. The molecule has 0 saturated heterocycles. The lowest BCUT2D eigenvalue weighted by Gasteiger charge is -2.06. The van der Waals surface area contributed by atoms with E-state index in [-0.39, 0.29) is 5.82 Å². The molecule has 0 radical (unpaired) electrons. The number of nitrogens with zero attached hydrogens (tertiary/aromatic N) is 2. The van der Waals surface area contributed by atoms with Crippen LogP contribution in [0.5, 0.6) is 0 Å². The highest BCUT2D eigenvalue weighted by Gasteiger charge is 2.11. The van der Waals surface area contributed by atoms with Crippen molar-refractivity contribution in [2.45, 2.75) is 20.3 Å². The van der Waals surface area contributed by atoms with Crippen molar-refractivity contribution < 1.29 is 9.90 Å². The SMILES string of the molecule is CC(C)Cc1nc(C(=O)O)ncc1Cl. The van der Waals surface area contributed by atoms with Crippen LogP contribution in [0.3, 0.4) is 0 Å². The Morgan fingerprint density at radius 1 is 1.64 bits per heavy atom. The summed E-state index contributed by atoms with van der Waals surface area (Å²) in [5.74, 6) is -0.958. The number of carboxylic acid groups (broad SMARTS) is 1. The topological polar surface area (TPSA) is 63.1 Å². The summed E-state index contributed by atoms with van der Waals surface area (Å²) in [6.07, 6.45) is 1.98. The normalized spacial score (nSPS) is 10.6. The molecule has 0 saturated carbocycles. The predicted molar refractivity (Wildman–Crippen MR) is 52.5 cm³/mol. The van der Waals surface area contributed by atoms with Crippen LogP contribution in [0.2, 0.25) is 5.02 Å². The average molecular weight is 215 g/mol. The number of halogens is 1. The second-order valence-corrected chi connectivity index (χ2v) is 3.80. The van der Waals surface area contributed by atoms with Gasteiger partial charge in [0, 0.05) is 0 Å². The van der Waals surface area contributed by atoms with E-state index in [1.807, 2.05) is 13.8 Å². The first-order valence-corrected chi connectivity index (χ1v) is 4.63. The fourth-order valence-corrected chi connectivity index (χ4v) is 1.20. The molecule has 0 aliphatic rings. The summed E-state index contributed by atoms with van der Waals surface area (Å²) in [6, 6.07) is 0. The molecule has 0 atom stereocenters. The number of aromatic carboxylic acids is 1. The fraction of sp³-hybridized carbons (Fsp3) is 0.444. The van der Waals surface area contributed by atoms with Gasteiger partial charge in [-0.3, -0.25) is 0 Å². The molecule has 0 amide bonds. The van der Waals surface area contributed by atoms with Gasteiger partial charge in [0.25, 0.3) is 0 Å². The molecule has 0 fully saturated rings. The summed E-state index contributed by atoms with van der Waals surface area (Å²) >= 11 is 5.83. The maximum absolute atomic E-state index is 10.6. The minimum atomic E-state index is -1.13. The molecule has 14 heavy (non-hydrogen) atoms. The van der Waals surface area contributed by atoms with Gasteiger partial charge >= 0.3 is 5.97 Å². The third-order valence-corrected chi connectivity index (χ3v) is 1.93. The lowest BCUT2D eigenvalue weighted by Crippen LogP contribution is -2.08. The Morgan fingerprint density at radius 3 is 2.79 bits per heavy atom. The molecule has 0 aliphatic heterocycles. The Kier molecular flexibility index (Phi) is 3.41. The maximum Gasteiger partial charge on any atom is 0.373 e. The molecule has 1 heterocycles. The third-order valence-electron chi connectivity index (χ3n) is 1.61. The predicted octanol–water partition coefficient (Wildman–Crippen LogP) is 2.03. The van der Waals surface area contributed by atoms with Gasteiger partial charge in [-0.2, -0.15) is 0 Å². The van der Waals surface area contributed by atoms with E-state index in [1.165, 1.54) is 6.20 Å². The molecule has 0 unspecified atom stereocenters. The van der Waals surface area contributed by atoms with Gasteiger partial charge in [-0.15, -0.1) is 0 Å². The molecule has 4 nitrogen and oxygen atoms in total. The van der Waals surface area contributed by atoms with Crippen LogP contribution in [-0.2, 0) is 6.42 Å². The largest absolute Gasteiger partial charge is 0.475 e. The number of aromatic nitrogens is 2. The first-order chi connectivity index (χ1) is 6.50. The number of carboxylic acids is 1. The van der Waals surface area contributed by atoms with Crippen molar-refractivity contribution in [2.24, 2.45) is 5.92 Å². The van der Waals surface area contributed by atoms with Crippen molar-refractivity contribution in [3.8, 4) is 0 Å². The lowest BCUT2D eigenvalue weighted by atomic mass is 10.1. The van der Waals surface area contributed by atoms with Gasteiger partial charge in [0.15, 0.2) is 0 Å². The maximum atomic E-state index is 10.6. The van der Waals surface area contributed by atoms with E-state index in [0.29, 0.717) is 23.1 Å². The highest BCUT2D eigenvalue weighted by molar-refractivity contribution is 6.31. The smallest absolute Gasteiger partial charge is 0.373 e. The Labute approximate surface area is 87.0 Å². The number of carbonyl (C=O) groups is 1. The highest BCUT2D eigenvalue weighted by Crippen LogP contribution is 2.16. The first kappa shape index (κ1) is 10.9. The molecule has 0 bridgehead atoms. The molecule has 5 heteroatoms. The van der Waals surface area contributed by atoms with Crippen LogP contribution in [0.1, 0.15) is 30.2 Å². The lowest BCUT2D eigenvalue weighted by molar-refractivity contribution is 0.0683. The number of hydrogen-bond acceptors (Lipinski definition) is 3. The van der Waals surface area contributed by atoms with Crippen molar-refractivity contribution in [3.05, 3.63) is 22.7 Å². The van der Waals surface area contributed by atoms with Crippen molar-refractivity contribution in [2.75, 3.05) is 0 Å². The van der Waals surface area contributed by atoms with Crippen LogP contribution in [0.25, 0.3) is 0 Å². The third kappa shape index (κ3) is 2.67. The Morgan fingerprint density at radius 2 is 2.29 bits per heavy atom. The summed E-state index contributed by atoms with van der Waals surface area (Å²) in [7, 11) is 0. The van der Waals surface area contributed by atoms with Crippen molar-refractivity contribution >= 4 is 17.6 Å². The molecular weight excluding hydrogens is 204 g/mol. The molecule has 1 rings (SSSR count). The second-order valence-electron chi connectivity index (χ2n) is 3.39. The Bertz CT molecular complexity index is 353. The van der Waals surface area contributed by atoms with E-state index >= 15 is 0 Å². The Balaban J connectivity index is 3.02. The quantitative estimate of drug-likeness (QED) is 0.836. The van der Waals surface area contributed by atoms with Crippen molar-refractivity contribution in [3.63, 3.8) is 0 Å². The van der Waals surface area contributed by atoms with Crippen LogP contribution in [-0.4, -0.2) is 21.0 Å². The van der Waals surface area contributed by atoms with E-state index in [2.05, 4.69) is 9.97 Å². The van der Waals surface area contributed by atoms with Gasteiger partial charge in [-0.25, -0.2) is 14.8 Å². The summed E-state index contributed by atoms with van der Waals surface area (Å²) in [5.41, 5.74) is 0.592. The zero-order valence-corrected chi connectivity index (χ0v) is 8.75. The van der Waals surface area contributed by atoms with Gasteiger partial charge in [-0.05, 0) is 12.3 Å². The van der Waals surface area contributed by atoms with Crippen LogP contribution in [0, 0.1) is 5.92 Å². The summed E-state index contributed by atoms with van der Waals surface area (Å²) < 4.78 is 0. The van der Waals surface area contributed by atoms with E-state index < -0.39 is 5.97 Å². The first-order valence-electron chi connectivity index (χ1n) is 4.25. The van der Waals surface area contributed by atoms with Gasteiger partial charge in [-0.1, -0.05) is 25.4 Å². The second kappa shape index (κ2) is 4.37. The molecule has 1 N–H and O–H groups in total. The molecule has 0 spiro atoms. The van der Waals surface area contributed by atoms with Crippen LogP contribution in [0.15, 0.2) is 6.20 Å². The molecule has 76 valence electrons. The fourth-order valence-electron chi connectivity index (χ4n) is 1.04. The molecule has 1 aromatic rings. The summed E-state index contributed by atoms with van der Waals surface area (Å²) in [5, 5.41) is 9.09. The Hall–Kier alpha value is -1.16. The van der Waals surface area contributed by atoms with Crippen LogP contribution in [0.4, 0.5) is 0 Å². The highest BCUT2D eigenvalue weighted by atomic mass is 35.5. The van der Waals surface area contributed by atoms with Crippen molar-refractivity contribution in [1.29, 1.82) is 0 Å². The number of hydrogen-bond donors (Lipinski definition) is 1. The van der Waals surface area contributed by atoms with Gasteiger partial charge < -0.3 is 5.11 Å². The van der Waals surface area contributed by atoms with Crippen LogP contribution < -0.4 is 0 Å². The summed E-state index contributed by atoms with van der Waals surface area (Å²) in [6.45, 7) is 4.03. The number of rotatable bonds is 3. The minimum absolute atomic E-state index is 0.204. The minimum Gasteiger partial charge on any atom is -0.475 e. The monoisotopic (exact) mass is 214 g/mol. The van der Waals surface area contributed by atoms with Crippen molar-refractivity contribution in [1.82, 2.24) is 9.97 Å².